The van der Waals surface area contributed by atoms with Crippen molar-refractivity contribution < 1.29 is 17.9 Å². The van der Waals surface area contributed by atoms with Gasteiger partial charge in [0.15, 0.2) is 0 Å². The summed E-state index contributed by atoms with van der Waals surface area (Å²) >= 11 is 0. The van der Waals surface area contributed by atoms with E-state index in [1.54, 1.807) is 0 Å². The Morgan fingerprint density at radius 2 is 1.95 bits per heavy atom. The van der Waals surface area contributed by atoms with E-state index < -0.39 is 12.6 Å². The molecular formula is C14H21F3N2O. The monoisotopic (exact) mass is 290 g/mol. The zero-order chi connectivity index (χ0) is 15.0. The van der Waals surface area contributed by atoms with Crippen molar-refractivity contribution in [1.29, 1.82) is 0 Å². The Morgan fingerprint density at radius 1 is 1.25 bits per heavy atom. The number of rotatable bonds is 8. The van der Waals surface area contributed by atoms with Gasteiger partial charge < -0.3 is 10.1 Å². The van der Waals surface area contributed by atoms with Crippen LogP contribution in [0.1, 0.15) is 38.1 Å². The van der Waals surface area contributed by atoms with Crippen molar-refractivity contribution in [2.75, 3.05) is 6.61 Å². The molecule has 0 aliphatic heterocycles. The van der Waals surface area contributed by atoms with E-state index >= 15 is 0 Å². The number of hydrogen-bond donors (Lipinski definition) is 1. The van der Waals surface area contributed by atoms with Crippen molar-refractivity contribution in [3.8, 4) is 0 Å². The molecule has 1 aromatic rings. The van der Waals surface area contributed by atoms with Crippen LogP contribution in [0.15, 0.2) is 18.2 Å². The van der Waals surface area contributed by atoms with Gasteiger partial charge in [-0.1, -0.05) is 19.9 Å². The Hall–Kier alpha value is -1.14. The lowest BCUT2D eigenvalue weighted by atomic mass is 10.3. The lowest BCUT2D eigenvalue weighted by Gasteiger charge is -2.09. The van der Waals surface area contributed by atoms with Crippen molar-refractivity contribution in [1.82, 2.24) is 10.3 Å². The molecule has 0 aliphatic rings. The Kier molecular flexibility index (Phi) is 6.95. The predicted molar refractivity (Wildman–Crippen MR) is 71.2 cm³/mol. The molecule has 0 atom stereocenters. The number of nitrogens with one attached hydrogen (secondary N) is 1. The van der Waals surface area contributed by atoms with Gasteiger partial charge in [-0.05, 0) is 18.6 Å². The lowest BCUT2D eigenvalue weighted by Crippen LogP contribution is -2.22. The largest absolute Gasteiger partial charge is 0.389 e. The summed E-state index contributed by atoms with van der Waals surface area (Å²) in [6, 6.07) is 5.96. The fraction of sp³-hybridized carbons (Fsp3) is 0.643. The van der Waals surface area contributed by atoms with E-state index in [2.05, 4.69) is 10.3 Å². The van der Waals surface area contributed by atoms with Crippen LogP contribution in [-0.2, 0) is 17.9 Å². The quantitative estimate of drug-likeness (QED) is 0.745. The van der Waals surface area contributed by atoms with Gasteiger partial charge in [0, 0.05) is 25.6 Å². The molecule has 0 aromatic carbocycles. The highest BCUT2D eigenvalue weighted by Gasteiger charge is 2.25. The zero-order valence-corrected chi connectivity index (χ0v) is 11.8. The normalized spacial score (nSPS) is 12.1. The van der Waals surface area contributed by atoms with Gasteiger partial charge in [-0.3, -0.25) is 4.98 Å². The Morgan fingerprint density at radius 3 is 2.60 bits per heavy atom. The van der Waals surface area contributed by atoms with Gasteiger partial charge in [0.1, 0.15) is 0 Å². The fourth-order valence-corrected chi connectivity index (χ4v) is 1.57. The third kappa shape index (κ3) is 8.12. The van der Waals surface area contributed by atoms with E-state index in [9.17, 15) is 13.2 Å². The first-order valence-corrected chi connectivity index (χ1v) is 6.69. The summed E-state index contributed by atoms with van der Waals surface area (Å²) in [6.07, 6.45) is -4.93. The summed E-state index contributed by atoms with van der Waals surface area (Å²) in [6.45, 7) is 5.10. The number of ether oxygens (including phenoxy) is 1. The number of alkyl halides is 3. The first-order chi connectivity index (χ1) is 9.37. The molecule has 3 nitrogen and oxygen atoms in total. The first-order valence-electron chi connectivity index (χ1n) is 6.69. The summed E-state index contributed by atoms with van der Waals surface area (Å²) in [5.74, 6) is 0. The molecule has 1 heterocycles. The SMILES string of the molecule is CC(C)NCc1cccc(COCCCC(F)(F)F)n1. The van der Waals surface area contributed by atoms with Crippen molar-refractivity contribution in [2.24, 2.45) is 0 Å². The molecule has 1 rings (SSSR count). The van der Waals surface area contributed by atoms with Gasteiger partial charge in [-0.25, -0.2) is 0 Å². The van der Waals surface area contributed by atoms with Gasteiger partial charge in [0.2, 0.25) is 0 Å². The highest BCUT2D eigenvalue weighted by Crippen LogP contribution is 2.21. The molecule has 0 radical (unpaired) electrons. The summed E-state index contributed by atoms with van der Waals surface area (Å²) < 4.78 is 41.0. The Labute approximate surface area is 117 Å². The van der Waals surface area contributed by atoms with Gasteiger partial charge in [-0.15, -0.1) is 0 Å². The molecule has 0 saturated heterocycles. The maximum atomic E-state index is 11.9. The molecule has 6 heteroatoms. The van der Waals surface area contributed by atoms with Crippen LogP contribution in [0.25, 0.3) is 0 Å². The molecular weight excluding hydrogens is 269 g/mol. The predicted octanol–water partition coefficient (Wildman–Crippen LogP) is 3.44. The van der Waals surface area contributed by atoms with Crippen LogP contribution in [0, 0.1) is 0 Å². The minimum atomic E-state index is -4.11. The Balaban J connectivity index is 2.28. The number of aromatic nitrogens is 1. The van der Waals surface area contributed by atoms with E-state index in [1.165, 1.54) is 0 Å². The van der Waals surface area contributed by atoms with Crippen LogP contribution in [0.2, 0.25) is 0 Å². The summed E-state index contributed by atoms with van der Waals surface area (Å²) in [4.78, 5) is 4.38. The zero-order valence-electron chi connectivity index (χ0n) is 11.8. The standard InChI is InChI=1S/C14H21F3N2O/c1-11(2)18-9-12-5-3-6-13(19-12)10-20-8-4-7-14(15,16)17/h3,5-6,11,18H,4,7-10H2,1-2H3. The van der Waals surface area contributed by atoms with Crippen LogP contribution in [-0.4, -0.2) is 23.8 Å². The second-order valence-electron chi connectivity index (χ2n) is 4.93. The van der Waals surface area contributed by atoms with Crippen LogP contribution in [0.5, 0.6) is 0 Å². The van der Waals surface area contributed by atoms with E-state index in [1.807, 2.05) is 32.0 Å². The molecule has 1 aromatic heterocycles. The molecule has 114 valence electrons. The first kappa shape index (κ1) is 16.9. The van der Waals surface area contributed by atoms with E-state index in [0.717, 1.165) is 11.4 Å². The number of halogens is 3. The molecule has 0 fully saturated rings. The lowest BCUT2D eigenvalue weighted by molar-refractivity contribution is -0.138. The third-order valence-corrected chi connectivity index (χ3v) is 2.55. The number of pyridine rings is 1. The average Bonchev–Trinajstić information content (AvgIpc) is 2.35. The van der Waals surface area contributed by atoms with Crippen molar-refractivity contribution in [3.63, 3.8) is 0 Å². The molecule has 0 bridgehead atoms. The van der Waals surface area contributed by atoms with Crippen molar-refractivity contribution in [2.45, 2.75) is 52.1 Å². The minimum absolute atomic E-state index is 0.0158. The maximum Gasteiger partial charge on any atom is 0.389 e. The van der Waals surface area contributed by atoms with Crippen LogP contribution < -0.4 is 5.32 Å². The van der Waals surface area contributed by atoms with E-state index in [-0.39, 0.29) is 19.6 Å². The van der Waals surface area contributed by atoms with Crippen LogP contribution in [0.4, 0.5) is 13.2 Å². The van der Waals surface area contributed by atoms with Gasteiger partial charge >= 0.3 is 6.18 Å². The Bertz CT molecular complexity index is 394. The highest BCUT2D eigenvalue weighted by atomic mass is 19.4. The number of hydrogen-bond acceptors (Lipinski definition) is 3. The van der Waals surface area contributed by atoms with Gasteiger partial charge in [-0.2, -0.15) is 13.2 Å². The number of nitrogens with zero attached hydrogens (tertiary/aromatic N) is 1. The molecule has 1 N–H and O–H groups in total. The van der Waals surface area contributed by atoms with Crippen molar-refractivity contribution in [3.05, 3.63) is 29.6 Å². The average molecular weight is 290 g/mol. The fourth-order valence-electron chi connectivity index (χ4n) is 1.57. The summed E-state index contributed by atoms with van der Waals surface area (Å²) in [7, 11) is 0. The molecule has 0 amide bonds. The second kappa shape index (κ2) is 8.21. The van der Waals surface area contributed by atoms with Gasteiger partial charge in [0.05, 0.1) is 18.0 Å². The molecule has 0 saturated carbocycles. The third-order valence-electron chi connectivity index (χ3n) is 2.55. The molecule has 0 aliphatic carbocycles. The molecule has 0 spiro atoms. The van der Waals surface area contributed by atoms with Crippen molar-refractivity contribution >= 4 is 0 Å². The highest BCUT2D eigenvalue weighted by molar-refractivity contribution is 5.10. The van der Waals surface area contributed by atoms with E-state index in [4.69, 9.17) is 4.74 Å². The van der Waals surface area contributed by atoms with E-state index in [0.29, 0.717) is 12.6 Å². The second-order valence-corrected chi connectivity index (χ2v) is 4.93. The topological polar surface area (TPSA) is 34.1 Å². The smallest absolute Gasteiger partial charge is 0.375 e. The summed E-state index contributed by atoms with van der Waals surface area (Å²) in [5, 5.41) is 3.25. The molecule has 0 unspecified atom stereocenters. The van der Waals surface area contributed by atoms with Crippen LogP contribution in [0.3, 0.4) is 0 Å². The van der Waals surface area contributed by atoms with Crippen LogP contribution >= 0.6 is 0 Å². The van der Waals surface area contributed by atoms with Gasteiger partial charge in [0.25, 0.3) is 0 Å². The minimum Gasteiger partial charge on any atom is -0.375 e. The summed E-state index contributed by atoms with van der Waals surface area (Å²) in [5.41, 5.74) is 1.63. The maximum absolute atomic E-state index is 11.9. The molecule has 20 heavy (non-hydrogen) atoms.